The van der Waals surface area contributed by atoms with E-state index in [9.17, 15) is 9.59 Å². The molecule has 0 saturated carbocycles. The van der Waals surface area contributed by atoms with Crippen molar-refractivity contribution in [1.29, 1.82) is 0 Å². The Morgan fingerprint density at radius 1 is 0.862 bits per heavy atom. The van der Waals surface area contributed by atoms with Crippen LogP contribution in [0, 0.1) is 0 Å². The molecule has 0 aliphatic heterocycles. The summed E-state index contributed by atoms with van der Waals surface area (Å²) in [4.78, 5) is 24.6. The molecule has 0 unspecified atom stereocenters. The number of rotatable bonds is 6. The van der Waals surface area contributed by atoms with Crippen LogP contribution in [0.2, 0.25) is 15.1 Å². The highest BCUT2D eigenvalue weighted by Crippen LogP contribution is 2.33. The molecule has 1 amide bonds. The van der Waals surface area contributed by atoms with E-state index in [2.05, 4.69) is 5.32 Å². The molecule has 0 bridgehead atoms. The third kappa shape index (κ3) is 5.64. The molecule has 0 spiro atoms. The first kappa shape index (κ1) is 21.0. The Bertz CT molecular complexity index is 1020. The molecule has 0 heterocycles. The second kappa shape index (κ2) is 9.65. The molecule has 3 rings (SSSR count). The van der Waals surface area contributed by atoms with Crippen LogP contribution in [0.4, 0.5) is 5.69 Å². The molecule has 0 saturated heterocycles. The maximum atomic E-state index is 12.4. The van der Waals surface area contributed by atoms with Gasteiger partial charge in [0.1, 0.15) is 17.1 Å². The van der Waals surface area contributed by atoms with Gasteiger partial charge in [-0.3, -0.25) is 4.79 Å². The molecule has 3 aromatic carbocycles. The molecular weight excluding hydrogens is 437 g/mol. The molecule has 0 radical (unpaired) electrons. The minimum absolute atomic E-state index is 0.170. The smallest absolute Gasteiger partial charge is 0.342 e. The van der Waals surface area contributed by atoms with E-state index in [1.165, 1.54) is 12.1 Å². The molecule has 0 aliphatic rings. The fourth-order valence-electron chi connectivity index (χ4n) is 2.39. The lowest BCUT2D eigenvalue weighted by Crippen LogP contribution is -2.21. The number of benzene rings is 3. The Morgan fingerprint density at radius 2 is 1.48 bits per heavy atom. The summed E-state index contributed by atoms with van der Waals surface area (Å²) in [7, 11) is 0. The molecule has 3 aromatic rings. The van der Waals surface area contributed by atoms with Crippen molar-refractivity contribution in [3.8, 4) is 11.5 Å². The van der Waals surface area contributed by atoms with Crippen molar-refractivity contribution >= 4 is 52.4 Å². The molecule has 0 aliphatic carbocycles. The zero-order chi connectivity index (χ0) is 20.8. The maximum Gasteiger partial charge on any atom is 0.342 e. The number of ether oxygens (including phenoxy) is 2. The number of halogens is 3. The predicted molar refractivity (Wildman–Crippen MR) is 113 cm³/mol. The van der Waals surface area contributed by atoms with Crippen LogP contribution in [-0.4, -0.2) is 18.5 Å². The van der Waals surface area contributed by atoms with Crippen LogP contribution in [-0.2, 0) is 9.53 Å². The standard InChI is InChI=1S/C21H14Cl3NO4/c22-13-10-16(23)20(17(24)11-13)25-19(26)12-28-21(27)15-8-4-5-9-18(15)29-14-6-2-1-3-7-14/h1-11H,12H2,(H,25,26). The Balaban J connectivity index is 1.65. The summed E-state index contributed by atoms with van der Waals surface area (Å²) in [5, 5.41) is 3.17. The van der Waals surface area contributed by atoms with Crippen LogP contribution >= 0.6 is 34.8 Å². The molecule has 8 heteroatoms. The normalized spacial score (nSPS) is 10.3. The zero-order valence-corrected chi connectivity index (χ0v) is 17.1. The van der Waals surface area contributed by atoms with E-state index in [0.29, 0.717) is 16.5 Å². The fourth-order valence-corrected chi connectivity index (χ4v) is 3.30. The van der Waals surface area contributed by atoms with Gasteiger partial charge < -0.3 is 14.8 Å². The van der Waals surface area contributed by atoms with Gasteiger partial charge >= 0.3 is 5.97 Å². The molecule has 0 fully saturated rings. The number of para-hydroxylation sites is 2. The number of hydrogen-bond donors (Lipinski definition) is 1. The van der Waals surface area contributed by atoms with Crippen molar-refractivity contribution in [2.45, 2.75) is 0 Å². The van der Waals surface area contributed by atoms with E-state index in [1.807, 2.05) is 18.2 Å². The molecule has 1 N–H and O–H groups in total. The third-order valence-corrected chi connectivity index (χ3v) is 4.50. The van der Waals surface area contributed by atoms with Crippen molar-refractivity contribution in [2.75, 3.05) is 11.9 Å². The molecule has 0 atom stereocenters. The lowest BCUT2D eigenvalue weighted by molar-refractivity contribution is -0.119. The Kier molecular flexibility index (Phi) is 6.99. The van der Waals surface area contributed by atoms with E-state index in [1.54, 1.807) is 36.4 Å². The van der Waals surface area contributed by atoms with Crippen molar-refractivity contribution in [2.24, 2.45) is 0 Å². The molecule has 29 heavy (non-hydrogen) atoms. The third-order valence-electron chi connectivity index (χ3n) is 3.68. The predicted octanol–water partition coefficient (Wildman–Crippen LogP) is 6.23. The average molecular weight is 451 g/mol. The quantitative estimate of drug-likeness (QED) is 0.452. The minimum atomic E-state index is -0.708. The van der Waals surface area contributed by atoms with E-state index < -0.39 is 18.5 Å². The number of esters is 1. The first-order chi connectivity index (χ1) is 13.9. The highest BCUT2D eigenvalue weighted by molar-refractivity contribution is 6.42. The first-order valence-electron chi connectivity index (χ1n) is 8.37. The number of anilines is 1. The Labute approximate surface area is 182 Å². The van der Waals surface area contributed by atoms with Crippen molar-refractivity contribution in [3.63, 3.8) is 0 Å². The van der Waals surface area contributed by atoms with E-state index >= 15 is 0 Å². The summed E-state index contributed by atoms with van der Waals surface area (Å²) in [6, 6.07) is 18.5. The van der Waals surface area contributed by atoms with E-state index in [0.717, 1.165) is 0 Å². The van der Waals surface area contributed by atoms with Crippen LogP contribution in [0.25, 0.3) is 0 Å². The van der Waals surface area contributed by atoms with Gasteiger partial charge in [0, 0.05) is 5.02 Å². The largest absolute Gasteiger partial charge is 0.456 e. The topological polar surface area (TPSA) is 64.6 Å². The Morgan fingerprint density at radius 3 is 2.17 bits per heavy atom. The van der Waals surface area contributed by atoms with Crippen LogP contribution in [0.3, 0.4) is 0 Å². The number of nitrogens with one attached hydrogen (secondary N) is 1. The first-order valence-corrected chi connectivity index (χ1v) is 9.51. The van der Waals surface area contributed by atoms with Gasteiger partial charge in [-0.2, -0.15) is 0 Å². The van der Waals surface area contributed by atoms with Crippen molar-refractivity contribution in [1.82, 2.24) is 0 Å². The highest BCUT2D eigenvalue weighted by atomic mass is 35.5. The summed E-state index contributed by atoms with van der Waals surface area (Å²) < 4.78 is 10.8. The summed E-state index contributed by atoms with van der Waals surface area (Å²) in [6.45, 7) is -0.534. The molecule has 0 aromatic heterocycles. The zero-order valence-electron chi connectivity index (χ0n) is 14.8. The number of carbonyl (C=O) groups excluding carboxylic acids is 2. The van der Waals surface area contributed by atoms with E-state index in [-0.39, 0.29) is 21.3 Å². The second-order valence-electron chi connectivity index (χ2n) is 5.78. The van der Waals surface area contributed by atoms with Gasteiger partial charge in [0.2, 0.25) is 0 Å². The summed E-state index contributed by atoms with van der Waals surface area (Å²) in [5.41, 5.74) is 0.373. The fraction of sp³-hybridized carbons (Fsp3) is 0.0476. The lowest BCUT2D eigenvalue weighted by Gasteiger charge is -2.12. The average Bonchev–Trinajstić information content (AvgIpc) is 2.70. The molecular formula is C21H14Cl3NO4. The van der Waals surface area contributed by atoms with Crippen LogP contribution < -0.4 is 10.1 Å². The van der Waals surface area contributed by atoms with E-state index in [4.69, 9.17) is 44.3 Å². The second-order valence-corrected chi connectivity index (χ2v) is 7.03. The van der Waals surface area contributed by atoms with Gasteiger partial charge in [-0.05, 0) is 36.4 Å². The minimum Gasteiger partial charge on any atom is -0.456 e. The van der Waals surface area contributed by atoms with Crippen LogP contribution in [0.15, 0.2) is 66.7 Å². The van der Waals surface area contributed by atoms with Crippen molar-refractivity contribution < 1.29 is 19.1 Å². The highest BCUT2D eigenvalue weighted by Gasteiger charge is 2.17. The summed E-state index contributed by atoms with van der Waals surface area (Å²) in [6.07, 6.45) is 0. The van der Waals surface area contributed by atoms with Crippen LogP contribution in [0.5, 0.6) is 11.5 Å². The summed E-state index contributed by atoms with van der Waals surface area (Å²) in [5.74, 6) is -0.434. The van der Waals surface area contributed by atoms with Gasteiger partial charge in [-0.15, -0.1) is 0 Å². The molecule has 5 nitrogen and oxygen atoms in total. The van der Waals surface area contributed by atoms with Crippen LogP contribution in [0.1, 0.15) is 10.4 Å². The summed E-state index contributed by atoms with van der Waals surface area (Å²) >= 11 is 17.9. The van der Waals surface area contributed by atoms with Gasteiger partial charge in [-0.1, -0.05) is 65.1 Å². The SMILES string of the molecule is O=C(COC(=O)c1ccccc1Oc1ccccc1)Nc1c(Cl)cc(Cl)cc1Cl. The monoisotopic (exact) mass is 449 g/mol. The van der Waals surface area contributed by atoms with Gasteiger partial charge in [-0.25, -0.2) is 4.79 Å². The Hall–Kier alpha value is -2.73. The number of carbonyl (C=O) groups is 2. The van der Waals surface area contributed by atoms with Gasteiger partial charge in [0.15, 0.2) is 6.61 Å². The van der Waals surface area contributed by atoms with Gasteiger partial charge in [0.05, 0.1) is 15.7 Å². The maximum absolute atomic E-state index is 12.4. The lowest BCUT2D eigenvalue weighted by atomic mass is 10.2. The number of hydrogen-bond acceptors (Lipinski definition) is 4. The van der Waals surface area contributed by atoms with Gasteiger partial charge in [0.25, 0.3) is 5.91 Å². The van der Waals surface area contributed by atoms with Crippen molar-refractivity contribution in [3.05, 3.63) is 87.4 Å². The molecule has 148 valence electrons. The number of amides is 1.